The molecule has 1 aliphatic carbocycles. The van der Waals surface area contributed by atoms with E-state index in [2.05, 4.69) is 0 Å². The molecule has 1 fully saturated rings. The first-order valence-electron chi connectivity index (χ1n) is 6.77. The van der Waals surface area contributed by atoms with Gasteiger partial charge in [0.25, 0.3) is 5.91 Å². The zero-order chi connectivity index (χ0) is 13.7. The van der Waals surface area contributed by atoms with Gasteiger partial charge in [-0.05, 0) is 24.8 Å². The van der Waals surface area contributed by atoms with Gasteiger partial charge in [-0.15, -0.1) is 0 Å². The molecule has 0 bridgehead atoms. The Balaban J connectivity index is 2.14. The minimum absolute atomic E-state index is 0.00648. The summed E-state index contributed by atoms with van der Waals surface area (Å²) in [7, 11) is 1.55. The van der Waals surface area contributed by atoms with E-state index in [1.807, 2.05) is 30.3 Å². The van der Waals surface area contributed by atoms with Gasteiger partial charge in [-0.2, -0.15) is 0 Å². The number of ether oxygens (including phenoxy) is 1. The maximum absolute atomic E-state index is 12.6. The molecule has 0 saturated heterocycles. The molecule has 0 spiro atoms. The molecule has 19 heavy (non-hydrogen) atoms. The molecular formula is C15H21NO3. The van der Waals surface area contributed by atoms with Gasteiger partial charge in [0.1, 0.15) is 0 Å². The van der Waals surface area contributed by atoms with Gasteiger partial charge in [-0.3, -0.25) is 4.79 Å². The quantitative estimate of drug-likeness (QED) is 0.850. The van der Waals surface area contributed by atoms with Crippen LogP contribution < -0.4 is 0 Å². The first kappa shape index (κ1) is 14.0. The summed E-state index contributed by atoms with van der Waals surface area (Å²) in [5, 5.41) is 9.14. The Labute approximate surface area is 114 Å². The molecular weight excluding hydrogens is 242 g/mol. The van der Waals surface area contributed by atoms with E-state index < -0.39 is 6.10 Å². The van der Waals surface area contributed by atoms with Gasteiger partial charge in [0.15, 0.2) is 6.10 Å². The monoisotopic (exact) mass is 263 g/mol. The van der Waals surface area contributed by atoms with Crippen molar-refractivity contribution in [1.29, 1.82) is 0 Å². The zero-order valence-electron chi connectivity index (χ0n) is 11.3. The predicted octanol–water partition coefficient (Wildman–Crippen LogP) is 1.75. The van der Waals surface area contributed by atoms with Crippen LogP contribution in [0, 0.1) is 0 Å². The summed E-state index contributed by atoms with van der Waals surface area (Å²) in [4.78, 5) is 14.4. The Kier molecular flexibility index (Phi) is 4.93. The number of carbonyl (C=O) groups is 1. The lowest BCUT2D eigenvalue weighted by Gasteiger charge is -2.38. The molecule has 0 aliphatic heterocycles. The Hall–Kier alpha value is -1.39. The number of nitrogens with zero attached hydrogens (tertiary/aromatic N) is 1. The third kappa shape index (κ3) is 3.14. The topological polar surface area (TPSA) is 49.8 Å². The SMILES string of the molecule is COC(C(=O)N(CCO)C1CCC1)c1ccccc1. The first-order chi connectivity index (χ1) is 9.27. The number of aliphatic hydroxyl groups excluding tert-OH is 1. The molecule has 0 radical (unpaired) electrons. The number of hydrogen-bond acceptors (Lipinski definition) is 3. The summed E-state index contributed by atoms with van der Waals surface area (Å²) in [6.45, 7) is 0.379. The third-order valence-corrected chi connectivity index (χ3v) is 3.70. The number of aliphatic hydroxyl groups is 1. The Morgan fingerprint density at radius 1 is 1.42 bits per heavy atom. The van der Waals surface area contributed by atoms with Crippen molar-refractivity contribution in [1.82, 2.24) is 4.90 Å². The maximum Gasteiger partial charge on any atom is 0.256 e. The lowest BCUT2D eigenvalue weighted by Crippen LogP contribution is -2.47. The summed E-state index contributed by atoms with van der Waals surface area (Å²) in [6.07, 6.45) is 2.63. The fraction of sp³-hybridized carbons (Fsp3) is 0.533. The molecule has 1 aromatic carbocycles. The van der Waals surface area contributed by atoms with Gasteiger partial charge < -0.3 is 14.7 Å². The van der Waals surface area contributed by atoms with Crippen molar-refractivity contribution < 1.29 is 14.6 Å². The van der Waals surface area contributed by atoms with Crippen molar-refractivity contribution in [2.45, 2.75) is 31.4 Å². The van der Waals surface area contributed by atoms with E-state index in [-0.39, 0.29) is 18.6 Å². The highest BCUT2D eigenvalue weighted by Crippen LogP contribution is 2.28. The first-order valence-corrected chi connectivity index (χ1v) is 6.77. The Morgan fingerprint density at radius 2 is 2.11 bits per heavy atom. The number of carbonyl (C=O) groups excluding carboxylic acids is 1. The van der Waals surface area contributed by atoms with E-state index in [1.54, 1.807) is 12.0 Å². The second-order valence-corrected chi connectivity index (χ2v) is 4.87. The molecule has 4 heteroatoms. The van der Waals surface area contributed by atoms with Crippen LogP contribution >= 0.6 is 0 Å². The summed E-state index contributed by atoms with van der Waals surface area (Å²) in [5.74, 6) is -0.0487. The molecule has 2 rings (SSSR count). The van der Waals surface area contributed by atoms with Crippen LogP contribution in [0.4, 0.5) is 0 Å². The predicted molar refractivity (Wildman–Crippen MR) is 72.6 cm³/mol. The lowest BCUT2D eigenvalue weighted by molar-refractivity contribution is -0.147. The highest BCUT2D eigenvalue weighted by molar-refractivity contribution is 5.82. The molecule has 0 heterocycles. The number of amides is 1. The second-order valence-electron chi connectivity index (χ2n) is 4.87. The number of rotatable bonds is 6. The Bertz CT molecular complexity index is 403. The molecule has 1 unspecified atom stereocenters. The molecule has 104 valence electrons. The van der Waals surface area contributed by atoms with E-state index in [0.29, 0.717) is 6.54 Å². The van der Waals surface area contributed by atoms with E-state index >= 15 is 0 Å². The van der Waals surface area contributed by atoms with Gasteiger partial charge in [0, 0.05) is 19.7 Å². The van der Waals surface area contributed by atoms with Crippen LogP contribution in [0.25, 0.3) is 0 Å². The van der Waals surface area contributed by atoms with Crippen molar-refractivity contribution in [3.8, 4) is 0 Å². The van der Waals surface area contributed by atoms with E-state index in [0.717, 1.165) is 24.8 Å². The molecule has 0 aromatic heterocycles. The van der Waals surface area contributed by atoms with Gasteiger partial charge in [0.05, 0.1) is 6.61 Å². The average molecular weight is 263 g/mol. The minimum Gasteiger partial charge on any atom is -0.395 e. The van der Waals surface area contributed by atoms with Crippen LogP contribution in [-0.2, 0) is 9.53 Å². The molecule has 1 saturated carbocycles. The summed E-state index contributed by atoms with van der Waals surface area (Å²) >= 11 is 0. The van der Waals surface area contributed by atoms with Crippen LogP contribution in [0.3, 0.4) is 0 Å². The summed E-state index contributed by atoms with van der Waals surface area (Å²) < 4.78 is 5.37. The highest BCUT2D eigenvalue weighted by Gasteiger charge is 2.33. The van der Waals surface area contributed by atoms with Crippen molar-refractivity contribution in [2.24, 2.45) is 0 Å². The van der Waals surface area contributed by atoms with Crippen LogP contribution in [0.15, 0.2) is 30.3 Å². The van der Waals surface area contributed by atoms with E-state index in [9.17, 15) is 4.79 Å². The summed E-state index contributed by atoms with van der Waals surface area (Å²) in [6, 6.07) is 9.76. The lowest BCUT2D eigenvalue weighted by atomic mass is 9.90. The fourth-order valence-electron chi connectivity index (χ4n) is 2.44. The number of benzene rings is 1. The number of methoxy groups -OCH3 is 1. The fourth-order valence-corrected chi connectivity index (χ4v) is 2.44. The van der Waals surface area contributed by atoms with Crippen molar-refractivity contribution in [2.75, 3.05) is 20.3 Å². The zero-order valence-corrected chi connectivity index (χ0v) is 11.3. The van der Waals surface area contributed by atoms with Crippen LogP contribution in [0.2, 0.25) is 0 Å². The van der Waals surface area contributed by atoms with Gasteiger partial charge in [-0.1, -0.05) is 30.3 Å². The molecule has 4 nitrogen and oxygen atoms in total. The van der Waals surface area contributed by atoms with E-state index in [4.69, 9.17) is 9.84 Å². The van der Waals surface area contributed by atoms with Crippen molar-refractivity contribution in [3.05, 3.63) is 35.9 Å². The third-order valence-electron chi connectivity index (χ3n) is 3.70. The van der Waals surface area contributed by atoms with Crippen LogP contribution in [0.1, 0.15) is 30.9 Å². The second kappa shape index (κ2) is 6.68. The van der Waals surface area contributed by atoms with Crippen LogP contribution in [-0.4, -0.2) is 42.2 Å². The van der Waals surface area contributed by atoms with Gasteiger partial charge in [-0.25, -0.2) is 0 Å². The normalized spacial score (nSPS) is 16.7. The maximum atomic E-state index is 12.6. The van der Waals surface area contributed by atoms with Gasteiger partial charge in [0.2, 0.25) is 0 Å². The van der Waals surface area contributed by atoms with Crippen molar-refractivity contribution >= 4 is 5.91 Å². The largest absolute Gasteiger partial charge is 0.395 e. The highest BCUT2D eigenvalue weighted by atomic mass is 16.5. The molecule has 1 N–H and O–H groups in total. The van der Waals surface area contributed by atoms with E-state index in [1.165, 1.54) is 0 Å². The molecule has 1 atom stereocenters. The standard InChI is InChI=1S/C15H21NO3/c1-19-14(12-6-3-2-4-7-12)15(18)16(10-11-17)13-8-5-9-13/h2-4,6-7,13-14,17H,5,8-11H2,1H3. The number of hydrogen-bond donors (Lipinski definition) is 1. The molecule has 1 amide bonds. The Morgan fingerprint density at radius 3 is 2.58 bits per heavy atom. The average Bonchev–Trinajstić information content (AvgIpc) is 2.38. The van der Waals surface area contributed by atoms with Crippen LogP contribution in [0.5, 0.6) is 0 Å². The molecule has 1 aromatic rings. The smallest absolute Gasteiger partial charge is 0.256 e. The van der Waals surface area contributed by atoms with Crippen molar-refractivity contribution in [3.63, 3.8) is 0 Å². The van der Waals surface area contributed by atoms with Gasteiger partial charge >= 0.3 is 0 Å². The minimum atomic E-state index is -0.576. The summed E-state index contributed by atoms with van der Waals surface area (Å²) in [5.41, 5.74) is 0.859. The molecule has 1 aliphatic rings.